The average Bonchev–Trinajstić information content (AvgIpc) is 3.39. The number of carbonyl (C=O) groups is 4. The molecule has 31 heavy (non-hydrogen) atoms. The van der Waals surface area contributed by atoms with E-state index in [0.29, 0.717) is 16.8 Å². The van der Waals surface area contributed by atoms with Crippen molar-refractivity contribution in [1.82, 2.24) is 0 Å². The number of ketones is 2. The Morgan fingerprint density at radius 1 is 0.903 bits per heavy atom. The minimum absolute atomic E-state index is 0.0137. The van der Waals surface area contributed by atoms with E-state index in [4.69, 9.17) is 4.74 Å². The van der Waals surface area contributed by atoms with Crippen LogP contribution >= 0.6 is 0 Å². The topological polar surface area (TPSA) is 89.5 Å². The van der Waals surface area contributed by atoms with Crippen molar-refractivity contribution >= 4 is 29.1 Å². The first-order valence-corrected chi connectivity index (χ1v) is 10.6. The first kappa shape index (κ1) is 21.0. The highest BCUT2D eigenvalue weighted by Gasteiger charge is 2.54. The zero-order valence-corrected chi connectivity index (χ0v) is 17.4. The standard InChI is InChI=1S/C25H25NO5/c1-15(27)17-8-5-9-20(13-17)26-21(28)14-31-25(30)23-19-11-10-18(12-19)22(23)24(29)16-6-3-2-4-7-16/h2-9,13,18-19,22-23H,10-12,14H2,1H3,(H,26,28)/t18-,19-,22+,23+/m0/s1. The molecule has 6 heteroatoms. The summed E-state index contributed by atoms with van der Waals surface area (Å²) in [5.74, 6) is -1.64. The van der Waals surface area contributed by atoms with Gasteiger partial charge in [0.25, 0.3) is 5.91 Å². The first-order valence-electron chi connectivity index (χ1n) is 10.6. The maximum atomic E-state index is 13.1. The molecule has 1 N–H and O–H groups in total. The molecule has 2 aliphatic rings. The van der Waals surface area contributed by atoms with Gasteiger partial charge in [-0.1, -0.05) is 42.5 Å². The van der Waals surface area contributed by atoms with Gasteiger partial charge in [-0.2, -0.15) is 0 Å². The van der Waals surface area contributed by atoms with E-state index in [1.165, 1.54) is 6.92 Å². The molecule has 4 rings (SSSR count). The van der Waals surface area contributed by atoms with Crippen molar-refractivity contribution in [3.63, 3.8) is 0 Å². The highest BCUT2D eigenvalue weighted by atomic mass is 16.5. The van der Waals surface area contributed by atoms with Gasteiger partial charge in [-0.25, -0.2) is 0 Å². The average molecular weight is 419 g/mol. The van der Waals surface area contributed by atoms with Gasteiger partial charge >= 0.3 is 5.97 Å². The molecule has 2 saturated carbocycles. The number of benzene rings is 2. The number of hydrogen-bond acceptors (Lipinski definition) is 5. The van der Waals surface area contributed by atoms with Gasteiger partial charge < -0.3 is 10.1 Å². The van der Waals surface area contributed by atoms with Crippen molar-refractivity contribution < 1.29 is 23.9 Å². The zero-order chi connectivity index (χ0) is 22.0. The van der Waals surface area contributed by atoms with Crippen LogP contribution in [0.4, 0.5) is 5.69 Å². The van der Waals surface area contributed by atoms with E-state index >= 15 is 0 Å². The van der Waals surface area contributed by atoms with E-state index in [1.807, 2.05) is 18.2 Å². The third kappa shape index (κ3) is 4.43. The van der Waals surface area contributed by atoms with Crippen LogP contribution in [0.1, 0.15) is 46.9 Å². The number of Topliss-reactive ketones (excluding diaryl/α,β-unsaturated/α-hetero) is 2. The van der Waals surface area contributed by atoms with Crippen LogP contribution < -0.4 is 5.32 Å². The molecule has 4 atom stereocenters. The minimum Gasteiger partial charge on any atom is -0.455 e. The van der Waals surface area contributed by atoms with Crippen molar-refractivity contribution in [3.8, 4) is 0 Å². The van der Waals surface area contributed by atoms with Crippen LogP contribution in [-0.2, 0) is 14.3 Å². The van der Waals surface area contributed by atoms with Crippen LogP contribution in [0.15, 0.2) is 54.6 Å². The second-order valence-electron chi connectivity index (χ2n) is 8.41. The largest absolute Gasteiger partial charge is 0.455 e. The lowest BCUT2D eigenvalue weighted by molar-refractivity contribution is -0.154. The molecule has 0 radical (unpaired) electrons. The molecule has 0 unspecified atom stereocenters. The van der Waals surface area contributed by atoms with Gasteiger partial charge in [0.2, 0.25) is 0 Å². The fourth-order valence-corrected chi connectivity index (χ4v) is 5.05. The van der Waals surface area contributed by atoms with Crippen molar-refractivity contribution in [2.75, 3.05) is 11.9 Å². The van der Waals surface area contributed by atoms with Gasteiger partial charge in [0, 0.05) is 22.7 Å². The number of anilines is 1. The van der Waals surface area contributed by atoms with Gasteiger partial charge in [0.15, 0.2) is 18.2 Å². The highest BCUT2D eigenvalue weighted by molar-refractivity contribution is 6.01. The Labute approximate surface area is 181 Å². The Morgan fingerprint density at radius 3 is 2.29 bits per heavy atom. The van der Waals surface area contributed by atoms with E-state index in [-0.39, 0.29) is 29.3 Å². The third-order valence-electron chi connectivity index (χ3n) is 6.45. The fourth-order valence-electron chi connectivity index (χ4n) is 5.05. The molecule has 0 aliphatic heterocycles. The van der Waals surface area contributed by atoms with E-state index < -0.39 is 24.4 Å². The predicted octanol–water partition coefficient (Wildman–Crippen LogP) is 3.92. The number of hydrogen-bond donors (Lipinski definition) is 1. The Morgan fingerprint density at radius 2 is 1.58 bits per heavy atom. The molecule has 2 aliphatic carbocycles. The van der Waals surface area contributed by atoms with E-state index in [2.05, 4.69) is 5.32 Å². The Balaban J connectivity index is 1.39. The fraction of sp³-hybridized carbons (Fsp3) is 0.360. The van der Waals surface area contributed by atoms with Crippen LogP contribution in [0, 0.1) is 23.7 Å². The number of rotatable bonds is 7. The summed E-state index contributed by atoms with van der Waals surface area (Å²) in [5.41, 5.74) is 1.56. The third-order valence-corrected chi connectivity index (χ3v) is 6.45. The van der Waals surface area contributed by atoms with Crippen LogP contribution in [0.2, 0.25) is 0 Å². The minimum atomic E-state index is -0.500. The number of amides is 1. The van der Waals surface area contributed by atoms with Crippen LogP contribution in [0.25, 0.3) is 0 Å². The summed E-state index contributed by atoms with van der Waals surface area (Å²) in [4.78, 5) is 49.7. The second-order valence-corrected chi connectivity index (χ2v) is 8.41. The quantitative estimate of drug-likeness (QED) is 0.543. The Bertz CT molecular complexity index is 1020. The summed E-state index contributed by atoms with van der Waals surface area (Å²) in [5, 5.41) is 2.64. The van der Waals surface area contributed by atoms with E-state index in [0.717, 1.165) is 19.3 Å². The van der Waals surface area contributed by atoms with Crippen LogP contribution in [0.5, 0.6) is 0 Å². The molecule has 0 saturated heterocycles. The normalized spacial score (nSPS) is 23.9. The van der Waals surface area contributed by atoms with E-state index in [1.54, 1.807) is 36.4 Å². The summed E-state index contributed by atoms with van der Waals surface area (Å²) in [6.07, 6.45) is 2.71. The monoisotopic (exact) mass is 419 g/mol. The molecule has 2 fully saturated rings. The van der Waals surface area contributed by atoms with Crippen molar-refractivity contribution in [2.24, 2.45) is 23.7 Å². The number of ether oxygens (including phenoxy) is 1. The van der Waals surface area contributed by atoms with Crippen LogP contribution in [-0.4, -0.2) is 30.0 Å². The molecule has 2 aromatic rings. The summed E-state index contributed by atoms with van der Waals surface area (Å²) in [6, 6.07) is 15.6. The molecular weight excluding hydrogens is 394 g/mol. The lowest BCUT2D eigenvalue weighted by Crippen LogP contribution is -2.37. The first-order chi connectivity index (χ1) is 14.9. The maximum Gasteiger partial charge on any atom is 0.310 e. The lowest BCUT2D eigenvalue weighted by Gasteiger charge is -2.28. The SMILES string of the molecule is CC(=O)c1cccc(NC(=O)COC(=O)[C@@H]2[C@H]3CC[C@@H](C3)[C@H]2C(=O)c2ccccc2)c1. The number of carbonyl (C=O) groups excluding carboxylic acids is 4. The molecule has 0 heterocycles. The van der Waals surface area contributed by atoms with Gasteiger partial charge in [0.1, 0.15) is 0 Å². The van der Waals surface area contributed by atoms with Crippen molar-refractivity contribution in [3.05, 3.63) is 65.7 Å². The summed E-state index contributed by atoms with van der Waals surface area (Å²) >= 11 is 0. The summed E-state index contributed by atoms with van der Waals surface area (Å²) in [6.45, 7) is 1.02. The van der Waals surface area contributed by atoms with Crippen LogP contribution in [0.3, 0.4) is 0 Å². The van der Waals surface area contributed by atoms with Crippen molar-refractivity contribution in [2.45, 2.75) is 26.2 Å². The smallest absolute Gasteiger partial charge is 0.310 e. The molecule has 6 nitrogen and oxygen atoms in total. The molecule has 160 valence electrons. The molecule has 2 bridgehead atoms. The number of nitrogens with one attached hydrogen (secondary N) is 1. The summed E-state index contributed by atoms with van der Waals surface area (Å²) < 4.78 is 5.34. The summed E-state index contributed by atoms with van der Waals surface area (Å²) in [7, 11) is 0. The van der Waals surface area contributed by atoms with Gasteiger partial charge in [0.05, 0.1) is 5.92 Å². The van der Waals surface area contributed by atoms with Crippen molar-refractivity contribution in [1.29, 1.82) is 0 Å². The highest BCUT2D eigenvalue weighted by Crippen LogP contribution is 2.53. The zero-order valence-electron chi connectivity index (χ0n) is 17.4. The van der Waals surface area contributed by atoms with E-state index in [9.17, 15) is 19.2 Å². The molecule has 0 spiro atoms. The maximum absolute atomic E-state index is 13.1. The molecule has 1 amide bonds. The molecule has 0 aromatic heterocycles. The lowest BCUT2D eigenvalue weighted by atomic mass is 9.75. The van der Waals surface area contributed by atoms with Gasteiger partial charge in [-0.05, 0) is 50.2 Å². The Hall–Kier alpha value is -3.28. The number of fused-ring (bicyclic) bond motifs is 2. The molecule has 2 aromatic carbocycles. The second kappa shape index (κ2) is 8.84. The van der Waals surface area contributed by atoms with Gasteiger partial charge in [-0.15, -0.1) is 0 Å². The molecular formula is C25H25NO5. The Kier molecular flexibility index (Phi) is 5.98. The predicted molar refractivity (Wildman–Crippen MR) is 115 cm³/mol. The number of esters is 1. The van der Waals surface area contributed by atoms with Gasteiger partial charge in [-0.3, -0.25) is 19.2 Å².